The summed E-state index contributed by atoms with van der Waals surface area (Å²) in [5.74, 6) is 1.02. The molecule has 0 spiro atoms. The monoisotopic (exact) mass is 296 g/mol. The Morgan fingerprint density at radius 1 is 1.05 bits per heavy atom. The van der Waals surface area contributed by atoms with Crippen LogP contribution in [-0.4, -0.2) is 5.25 Å². The van der Waals surface area contributed by atoms with Crippen LogP contribution in [0, 0.1) is 0 Å². The summed E-state index contributed by atoms with van der Waals surface area (Å²) < 4.78 is 6.03. The van der Waals surface area contributed by atoms with Gasteiger partial charge in [-0.2, -0.15) is 0 Å². The molecule has 0 saturated carbocycles. The highest BCUT2D eigenvalue weighted by Crippen LogP contribution is 2.35. The minimum Gasteiger partial charge on any atom is -0.489 e. The second kappa shape index (κ2) is 6.86. The summed E-state index contributed by atoms with van der Waals surface area (Å²) in [5, 5.41) is 0.659. The number of thioether (sulfide) groups is 1. The third-order valence-electron chi connectivity index (χ3n) is 3.68. The summed E-state index contributed by atoms with van der Waals surface area (Å²) in [6.07, 6.45) is 4.58. The van der Waals surface area contributed by atoms with Gasteiger partial charge in [0.25, 0.3) is 0 Å². The van der Waals surface area contributed by atoms with Gasteiger partial charge in [-0.05, 0) is 41.9 Å². The van der Waals surface area contributed by atoms with E-state index in [-0.39, 0.29) is 0 Å². The molecule has 108 valence electrons. The molecular weight excluding hydrogens is 276 g/mol. The van der Waals surface area contributed by atoms with Crippen molar-refractivity contribution in [3.05, 3.63) is 76.7 Å². The van der Waals surface area contributed by atoms with Crippen molar-refractivity contribution < 1.29 is 4.74 Å². The van der Waals surface area contributed by atoms with Gasteiger partial charge in [0, 0.05) is 5.25 Å². The Morgan fingerprint density at radius 3 is 2.57 bits per heavy atom. The Bertz CT molecular complexity index is 618. The number of rotatable bonds is 5. The zero-order chi connectivity index (χ0) is 14.5. The van der Waals surface area contributed by atoms with Crippen LogP contribution >= 0.6 is 11.8 Å². The Kier molecular flexibility index (Phi) is 4.66. The summed E-state index contributed by atoms with van der Waals surface area (Å²) >= 11 is 1.99. The summed E-state index contributed by atoms with van der Waals surface area (Å²) in [6.45, 7) is 2.83. The first-order valence-electron chi connectivity index (χ1n) is 7.39. The lowest BCUT2D eigenvalue weighted by Gasteiger charge is -2.14. The number of hydrogen-bond acceptors (Lipinski definition) is 2. The van der Waals surface area contributed by atoms with Crippen LogP contribution in [0.2, 0.25) is 0 Å². The van der Waals surface area contributed by atoms with Crippen molar-refractivity contribution in [3.63, 3.8) is 0 Å². The van der Waals surface area contributed by atoms with Crippen molar-refractivity contribution in [3.8, 4) is 5.75 Å². The van der Waals surface area contributed by atoms with Crippen LogP contribution in [0.5, 0.6) is 5.75 Å². The summed E-state index contributed by atoms with van der Waals surface area (Å²) in [7, 11) is 0. The Labute approximate surface area is 131 Å². The molecule has 0 amide bonds. The van der Waals surface area contributed by atoms with Crippen LogP contribution in [0.15, 0.2) is 65.6 Å². The number of allylic oxidation sites excluding steroid dienone is 2. The van der Waals surface area contributed by atoms with E-state index in [9.17, 15) is 0 Å². The topological polar surface area (TPSA) is 9.23 Å². The van der Waals surface area contributed by atoms with Gasteiger partial charge in [-0.15, -0.1) is 11.8 Å². The van der Waals surface area contributed by atoms with Gasteiger partial charge >= 0.3 is 0 Å². The first-order valence-corrected chi connectivity index (χ1v) is 8.27. The fourth-order valence-electron chi connectivity index (χ4n) is 2.58. The molecule has 0 radical (unpaired) electrons. The zero-order valence-electron chi connectivity index (χ0n) is 12.3. The second-order valence-electron chi connectivity index (χ2n) is 5.38. The highest BCUT2D eigenvalue weighted by molar-refractivity contribution is 8.03. The van der Waals surface area contributed by atoms with E-state index in [0.29, 0.717) is 11.9 Å². The van der Waals surface area contributed by atoms with Crippen LogP contribution in [0.1, 0.15) is 24.5 Å². The molecule has 2 aromatic rings. The fourth-order valence-corrected chi connectivity index (χ4v) is 3.75. The van der Waals surface area contributed by atoms with Crippen molar-refractivity contribution in [2.45, 2.75) is 31.6 Å². The maximum Gasteiger partial charge on any atom is 0.123 e. The molecule has 0 aliphatic carbocycles. The van der Waals surface area contributed by atoms with Gasteiger partial charge in [-0.1, -0.05) is 54.6 Å². The molecule has 1 aliphatic rings. The van der Waals surface area contributed by atoms with Gasteiger partial charge in [0.2, 0.25) is 0 Å². The van der Waals surface area contributed by atoms with E-state index in [1.165, 1.54) is 22.5 Å². The fraction of sp³-hybridized carbons (Fsp3) is 0.263. The molecule has 0 N–H and O–H groups in total. The molecule has 0 saturated heterocycles. The predicted octanol–water partition coefficient (Wildman–Crippen LogP) is 5.22. The van der Waals surface area contributed by atoms with Crippen molar-refractivity contribution in [2.75, 3.05) is 0 Å². The van der Waals surface area contributed by atoms with Crippen LogP contribution in [0.25, 0.3) is 0 Å². The maximum atomic E-state index is 6.03. The van der Waals surface area contributed by atoms with Gasteiger partial charge in [-0.3, -0.25) is 0 Å². The maximum absolute atomic E-state index is 6.03. The van der Waals surface area contributed by atoms with Crippen molar-refractivity contribution in [1.29, 1.82) is 0 Å². The summed E-state index contributed by atoms with van der Waals surface area (Å²) in [6, 6.07) is 18.8. The van der Waals surface area contributed by atoms with E-state index in [4.69, 9.17) is 4.74 Å². The van der Waals surface area contributed by atoms with E-state index < -0.39 is 0 Å². The van der Waals surface area contributed by atoms with Gasteiger partial charge in [-0.25, -0.2) is 0 Å². The van der Waals surface area contributed by atoms with Crippen LogP contribution in [-0.2, 0) is 13.0 Å². The molecule has 1 nitrogen and oxygen atoms in total. The van der Waals surface area contributed by atoms with Crippen LogP contribution in [0.4, 0.5) is 0 Å². The highest BCUT2D eigenvalue weighted by atomic mass is 32.2. The number of hydrogen-bond donors (Lipinski definition) is 0. The Hall–Kier alpha value is -1.67. The van der Waals surface area contributed by atoms with E-state index in [1.54, 1.807) is 0 Å². The lowest BCUT2D eigenvalue weighted by Crippen LogP contribution is -2.05. The predicted molar refractivity (Wildman–Crippen MR) is 90.7 cm³/mol. The van der Waals surface area contributed by atoms with Gasteiger partial charge in [0.1, 0.15) is 12.4 Å². The van der Waals surface area contributed by atoms with Crippen LogP contribution in [0.3, 0.4) is 0 Å². The quantitative estimate of drug-likeness (QED) is 0.748. The second-order valence-corrected chi connectivity index (χ2v) is 6.92. The summed E-state index contributed by atoms with van der Waals surface area (Å²) in [4.78, 5) is 1.45. The van der Waals surface area contributed by atoms with E-state index in [2.05, 4.69) is 49.4 Å². The number of para-hydroxylation sites is 1. The molecule has 0 fully saturated rings. The average Bonchev–Trinajstić information content (AvgIpc) is 2.93. The highest BCUT2D eigenvalue weighted by Gasteiger charge is 2.17. The van der Waals surface area contributed by atoms with E-state index >= 15 is 0 Å². The summed E-state index contributed by atoms with van der Waals surface area (Å²) in [5.41, 5.74) is 2.52. The van der Waals surface area contributed by atoms with Crippen LogP contribution < -0.4 is 4.74 Å². The molecule has 1 unspecified atom stereocenters. The zero-order valence-corrected chi connectivity index (χ0v) is 13.1. The number of benzene rings is 2. The minimum atomic E-state index is 0.632. The molecule has 1 atom stereocenters. The van der Waals surface area contributed by atoms with Gasteiger partial charge in [0.05, 0.1) is 0 Å². The molecule has 1 aliphatic heterocycles. The molecule has 21 heavy (non-hydrogen) atoms. The Morgan fingerprint density at radius 2 is 1.81 bits per heavy atom. The smallest absolute Gasteiger partial charge is 0.123 e. The minimum absolute atomic E-state index is 0.632. The third-order valence-corrected chi connectivity index (χ3v) is 4.91. The van der Waals surface area contributed by atoms with Gasteiger partial charge in [0.15, 0.2) is 0 Å². The largest absolute Gasteiger partial charge is 0.489 e. The van der Waals surface area contributed by atoms with E-state index in [0.717, 1.165) is 12.2 Å². The van der Waals surface area contributed by atoms with E-state index in [1.807, 2.05) is 30.0 Å². The van der Waals surface area contributed by atoms with Crippen molar-refractivity contribution in [2.24, 2.45) is 0 Å². The molecular formula is C19H20OS. The third kappa shape index (κ3) is 3.92. The molecule has 0 bridgehead atoms. The first kappa shape index (κ1) is 14.3. The van der Waals surface area contributed by atoms with Crippen molar-refractivity contribution in [1.82, 2.24) is 0 Å². The standard InChI is InChI=1S/C19H20OS/c1-15-11-12-18(21-15)13-17-9-5-6-10-19(17)20-14-16-7-3-2-4-8-16/h2-11,18H,12-14H2,1H3. The van der Waals surface area contributed by atoms with Crippen molar-refractivity contribution >= 4 is 11.8 Å². The normalized spacial score (nSPS) is 17.6. The molecule has 2 aromatic carbocycles. The Balaban J connectivity index is 1.65. The number of ether oxygens (including phenoxy) is 1. The first-order chi connectivity index (χ1) is 10.3. The lowest BCUT2D eigenvalue weighted by molar-refractivity contribution is 0.303. The molecule has 3 rings (SSSR count). The average molecular weight is 296 g/mol. The SMILES string of the molecule is CC1=CCC(Cc2ccccc2OCc2ccccc2)S1. The lowest BCUT2D eigenvalue weighted by atomic mass is 10.1. The van der Waals surface area contributed by atoms with Gasteiger partial charge < -0.3 is 4.74 Å². The molecule has 1 heterocycles. The molecule has 2 heteroatoms. The molecule has 0 aromatic heterocycles.